The quantitative estimate of drug-likeness (QED) is 0.736. The Morgan fingerprint density at radius 2 is 2.31 bits per heavy atom. The number of amides is 1. The van der Waals surface area contributed by atoms with Crippen molar-refractivity contribution in [1.82, 2.24) is 19.7 Å². The molecule has 0 saturated carbocycles. The highest BCUT2D eigenvalue weighted by atomic mass is 16.5. The molecule has 0 bridgehead atoms. The lowest BCUT2D eigenvalue weighted by atomic mass is 9.79. The monoisotopic (exact) mass is 356 g/mol. The molecule has 2 aliphatic heterocycles. The van der Waals surface area contributed by atoms with Crippen molar-refractivity contribution in [3.8, 4) is 0 Å². The second-order valence-corrected chi connectivity index (χ2v) is 7.13. The summed E-state index contributed by atoms with van der Waals surface area (Å²) in [4.78, 5) is 18.6. The summed E-state index contributed by atoms with van der Waals surface area (Å²) in [6.07, 6.45) is 7.13. The molecule has 0 aliphatic carbocycles. The fraction of sp³-hybridized carbons (Fsp3) is 0.526. The van der Waals surface area contributed by atoms with Crippen LogP contribution in [-0.4, -0.2) is 57.5 Å². The van der Waals surface area contributed by atoms with Crippen LogP contribution in [0.4, 0.5) is 0 Å². The topological polar surface area (TPSA) is 69.5 Å². The van der Waals surface area contributed by atoms with Gasteiger partial charge in [-0.2, -0.15) is 5.10 Å². The predicted molar refractivity (Wildman–Crippen MR) is 94.4 cm³/mol. The number of carbonyl (C=O) groups excluding carboxylic acids is 1. The molecule has 4 heterocycles. The molecule has 0 aromatic carbocycles. The molecule has 4 rings (SSSR count). The number of aromatic nitrogens is 3. The molecule has 1 atom stereocenters. The lowest BCUT2D eigenvalue weighted by Gasteiger charge is -2.50. The predicted octanol–water partition coefficient (Wildman–Crippen LogP) is 1.65. The Hall–Kier alpha value is -2.25. The third kappa shape index (κ3) is 3.37. The third-order valence-electron chi connectivity index (χ3n) is 5.34. The van der Waals surface area contributed by atoms with E-state index in [9.17, 15) is 4.79 Å². The maximum absolute atomic E-state index is 12.5. The van der Waals surface area contributed by atoms with Crippen LogP contribution >= 0.6 is 0 Å². The average molecular weight is 356 g/mol. The van der Waals surface area contributed by atoms with Crippen LogP contribution in [0, 0.1) is 5.92 Å². The minimum absolute atomic E-state index is 0.0318. The van der Waals surface area contributed by atoms with Crippen molar-refractivity contribution in [2.75, 3.05) is 26.3 Å². The van der Waals surface area contributed by atoms with Crippen LogP contribution in [0.1, 0.15) is 28.9 Å². The van der Waals surface area contributed by atoms with Crippen molar-refractivity contribution in [2.24, 2.45) is 13.0 Å². The first kappa shape index (κ1) is 17.2. The van der Waals surface area contributed by atoms with E-state index in [0.717, 1.165) is 25.1 Å². The van der Waals surface area contributed by atoms with Gasteiger partial charge >= 0.3 is 0 Å². The Bertz CT molecular complexity index is 755. The van der Waals surface area contributed by atoms with E-state index in [1.54, 1.807) is 23.3 Å². The highest BCUT2D eigenvalue weighted by Crippen LogP contribution is 2.42. The van der Waals surface area contributed by atoms with Gasteiger partial charge in [-0.1, -0.05) is 6.07 Å². The van der Waals surface area contributed by atoms with Crippen LogP contribution in [0.3, 0.4) is 0 Å². The SMILES string of the molecule is Cn1cc(C(=O)N2CC3(C2)OCCC3CCOCc2ccccn2)cn1. The van der Waals surface area contributed by atoms with Crippen LogP contribution in [-0.2, 0) is 23.1 Å². The van der Waals surface area contributed by atoms with E-state index < -0.39 is 0 Å². The first-order valence-corrected chi connectivity index (χ1v) is 9.06. The second kappa shape index (κ2) is 7.17. The molecule has 2 fully saturated rings. The molecule has 7 nitrogen and oxygen atoms in total. The third-order valence-corrected chi connectivity index (χ3v) is 5.34. The van der Waals surface area contributed by atoms with Gasteiger partial charge in [0.05, 0.1) is 37.2 Å². The highest BCUT2D eigenvalue weighted by molar-refractivity contribution is 5.94. The molecular formula is C19H24N4O3. The molecule has 0 radical (unpaired) electrons. The normalized spacial score (nSPS) is 21.1. The standard InChI is InChI=1S/C19H24N4O3/c1-22-11-15(10-21-22)18(24)23-13-19(14-23)16(6-9-26-19)5-8-25-12-17-4-2-3-7-20-17/h2-4,7,10-11,16H,5-6,8-9,12-14H2,1H3. The van der Waals surface area contributed by atoms with E-state index in [1.807, 2.05) is 30.1 Å². The van der Waals surface area contributed by atoms with E-state index in [1.165, 1.54) is 0 Å². The number of rotatable bonds is 6. The number of hydrogen-bond acceptors (Lipinski definition) is 5. The Morgan fingerprint density at radius 3 is 3.04 bits per heavy atom. The van der Waals surface area contributed by atoms with Crippen LogP contribution < -0.4 is 0 Å². The summed E-state index contributed by atoms with van der Waals surface area (Å²) >= 11 is 0. The van der Waals surface area contributed by atoms with E-state index in [2.05, 4.69) is 10.1 Å². The lowest BCUT2D eigenvalue weighted by Crippen LogP contribution is -2.66. The average Bonchev–Trinajstić information content (AvgIpc) is 3.24. The van der Waals surface area contributed by atoms with Gasteiger partial charge in [0.2, 0.25) is 0 Å². The minimum atomic E-state index is -0.188. The summed E-state index contributed by atoms with van der Waals surface area (Å²) < 4.78 is 13.5. The first-order valence-electron chi connectivity index (χ1n) is 9.06. The smallest absolute Gasteiger partial charge is 0.257 e. The lowest BCUT2D eigenvalue weighted by molar-refractivity contribution is -0.120. The van der Waals surface area contributed by atoms with Crippen molar-refractivity contribution in [2.45, 2.75) is 25.0 Å². The summed E-state index contributed by atoms with van der Waals surface area (Å²) in [6.45, 7) is 3.30. The van der Waals surface area contributed by atoms with Gasteiger partial charge in [0.1, 0.15) is 5.60 Å². The van der Waals surface area contributed by atoms with Crippen molar-refractivity contribution >= 4 is 5.91 Å². The van der Waals surface area contributed by atoms with Crippen LogP contribution in [0.2, 0.25) is 0 Å². The summed E-state index contributed by atoms with van der Waals surface area (Å²) in [6, 6.07) is 5.83. The fourth-order valence-corrected chi connectivity index (χ4v) is 3.89. The van der Waals surface area contributed by atoms with E-state index in [-0.39, 0.29) is 11.5 Å². The highest BCUT2D eigenvalue weighted by Gasteiger charge is 2.54. The molecule has 2 aromatic rings. The van der Waals surface area contributed by atoms with Crippen molar-refractivity contribution in [1.29, 1.82) is 0 Å². The van der Waals surface area contributed by atoms with Crippen molar-refractivity contribution in [3.63, 3.8) is 0 Å². The Labute approximate surface area is 152 Å². The maximum Gasteiger partial charge on any atom is 0.257 e. The molecule has 26 heavy (non-hydrogen) atoms. The van der Waals surface area contributed by atoms with Crippen LogP contribution in [0.5, 0.6) is 0 Å². The molecule has 1 amide bonds. The second-order valence-electron chi connectivity index (χ2n) is 7.13. The molecule has 2 saturated heterocycles. The molecule has 0 N–H and O–H groups in total. The molecule has 1 spiro atoms. The zero-order valence-electron chi connectivity index (χ0n) is 15.0. The molecule has 2 aliphatic rings. The molecule has 138 valence electrons. The number of pyridine rings is 1. The minimum Gasteiger partial charge on any atom is -0.375 e. The van der Waals surface area contributed by atoms with Gasteiger partial charge in [0, 0.05) is 32.7 Å². The van der Waals surface area contributed by atoms with E-state index in [4.69, 9.17) is 9.47 Å². The number of ether oxygens (including phenoxy) is 2. The van der Waals surface area contributed by atoms with Gasteiger partial charge in [-0.15, -0.1) is 0 Å². The van der Waals surface area contributed by atoms with Gasteiger partial charge in [-0.25, -0.2) is 0 Å². The summed E-state index contributed by atoms with van der Waals surface area (Å²) in [7, 11) is 1.81. The van der Waals surface area contributed by atoms with Gasteiger partial charge in [-0.05, 0) is 30.9 Å². The maximum atomic E-state index is 12.5. The van der Waals surface area contributed by atoms with Gasteiger partial charge in [-0.3, -0.25) is 14.5 Å². The van der Waals surface area contributed by atoms with Gasteiger partial charge < -0.3 is 14.4 Å². The summed E-state index contributed by atoms with van der Waals surface area (Å²) in [5.41, 5.74) is 1.39. The Kier molecular flexibility index (Phi) is 4.74. The van der Waals surface area contributed by atoms with Gasteiger partial charge in [0.15, 0.2) is 0 Å². The number of likely N-dealkylation sites (tertiary alicyclic amines) is 1. The van der Waals surface area contributed by atoms with Crippen LogP contribution in [0.15, 0.2) is 36.8 Å². The van der Waals surface area contributed by atoms with Crippen LogP contribution in [0.25, 0.3) is 0 Å². The zero-order valence-corrected chi connectivity index (χ0v) is 15.0. The van der Waals surface area contributed by atoms with E-state index >= 15 is 0 Å². The number of aryl methyl sites for hydroxylation is 1. The molecular weight excluding hydrogens is 332 g/mol. The first-order chi connectivity index (χ1) is 12.7. The number of hydrogen-bond donors (Lipinski definition) is 0. The number of carbonyl (C=O) groups is 1. The Balaban J connectivity index is 1.26. The Morgan fingerprint density at radius 1 is 1.42 bits per heavy atom. The summed E-state index contributed by atoms with van der Waals surface area (Å²) in [5.74, 6) is 0.466. The number of nitrogens with zero attached hydrogens (tertiary/aromatic N) is 4. The molecule has 1 unspecified atom stereocenters. The van der Waals surface area contributed by atoms with Crippen molar-refractivity contribution in [3.05, 3.63) is 48.0 Å². The van der Waals surface area contributed by atoms with Crippen molar-refractivity contribution < 1.29 is 14.3 Å². The van der Waals surface area contributed by atoms with E-state index in [0.29, 0.717) is 37.8 Å². The van der Waals surface area contributed by atoms with Gasteiger partial charge in [0.25, 0.3) is 5.91 Å². The fourth-order valence-electron chi connectivity index (χ4n) is 3.89. The largest absolute Gasteiger partial charge is 0.375 e. The molecule has 2 aromatic heterocycles. The zero-order chi connectivity index (χ0) is 18.0. The molecule has 7 heteroatoms. The summed E-state index contributed by atoms with van der Waals surface area (Å²) in [5, 5.41) is 4.07.